The Morgan fingerprint density at radius 1 is 1.18 bits per heavy atom. The van der Waals surface area contributed by atoms with Crippen molar-refractivity contribution < 1.29 is 29.3 Å². The van der Waals surface area contributed by atoms with Crippen LogP contribution in [0.25, 0.3) is 0 Å². The quantitative estimate of drug-likeness (QED) is 0.585. The van der Waals surface area contributed by atoms with Gasteiger partial charge in [-0.25, -0.2) is 4.79 Å². The average molecular weight is 238 g/mol. The van der Waals surface area contributed by atoms with Gasteiger partial charge in [-0.2, -0.15) is 0 Å². The van der Waals surface area contributed by atoms with Crippen LogP contribution >= 0.6 is 0 Å². The van der Waals surface area contributed by atoms with Crippen LogP contribution in [0.3, 0.4) is 0 Å². The molecule has 0 aliphatic carbocycles. The highest BCUT2D eigenvalue weighted by molar-refractivity contribution is 6.40. The minimum Gasteiger partial charge on any atom is -0.504 e. The van der Waals surface area contributed by atoms with Crippen molar-refractivity contribution in [2.45, 2.75) is 6.42 Å². The van der Waals surface area contributed by atoms with Crippen LogP contribution in [0, 0.1) is 0 Å². The van der Waals surface area contributed by atoms with Crippen LogP contribution in [0.2, 0.25) is 0 Å². The Kier molecular flexibility index (Phi) is 2.86. The number of fused-ring (bicyclic) bond motifs is 1. The molecule has 0 unspecified atom stereocenters. The van der Waals surface area contributed by atoms with Crippen LogP contribution in [0.1, 0.15) is 16.8 Å². The third-order valence-electron chi connectivity index (χ3n) is 2.33. The molecule has 0 atom stereocenters. The topological polar surface area (TPSA) is 93.1 Å². The molecule has 2 N–H and O–H groups in total. The molecule has 0 fully saturated rings. The van der Waals surface area contributed by atoms with Gasteiger partial charge in [-0.05, 0) is 12.1 Å². The lowest BCUT2D eigenvalue weighted by Gasteiger charge is -2.10. The maximum Gasteiger partial charge on any atom is 0.377 e. The minimum absolute atomic E-state index is 0.0228. The second kappa shape index (κ2) is 4.32. The average Bonchev–Trinajstić information content (AvgIpc) is 2.54. The Labute approximate surface area is 96.4 Å². The van der Waals surface area contributed by atoms with Gasteiger partial charge in [0.25, 0.3) is 5.78 Å². The van der Waals surface area contributed by atoms with Crippen molar-refractivity contribution in [3.05, 3.63) is 17.7 Å². The highest BCUT2D eigenvalue weighted by Gasteiger charge is 2.24. The molecule has 90 valence electrons. The Morgan fingerprint density at radius 2 is 1.88 bits per heavy atom. The second-order valence-electron chi connectivity index (χ2n) is 3.47. The number of Topliss-reactive ketones (excluding diaryl/α,β-unsaturated/α-hetero) is 1. The highest BCUT2D eigenvalue weighted by atomic mass is 16.5. The molecule has 1 aromatic carbocycles. The number of aliphatic carboxylic acids is 1. The second-order valence-corrected chi connectivity index (χ2v) is 3.47. The number of carboxylic acids is 1. The van der Waals surface area contributed by atoms with E-state index in [-0.39, 0.29) is 11.3 Å². The first-order valence-corrected chi connectivity index (χ1v) is 5.00. The predicted octanol–water partition coefficient (Wildman–Crippen LogP) is 0.821. The lowest BCUT2D eigenvalue weighted by molar-refractivity contribution is -0.131. The first-order valence-electron chi connectivity index (χ1n) is 5.00. The van der Waals surface area contributed by atoms with Gasteiger partial charge in [-0.3, -0.25) is 4.79 Å². The third kappa shape index (κ3) is 2.01. The fourth-order valence-corrected chi connectivity index (χ4v) is 1.52. The molecule has 6 heteroatoms. The summed E-state index contributed by atoms with van der Waals surface area (Å²) in [6.07, 6.45) is 0.649. The SMILES string of the molecule is O=C(O)C(=O)c1ccc2c(c1O)OCCCO2. The number of benzene rings is 1. The van der Waals surface area contributed by atoms with Gasteiger partial charge < -0.3 is 19.7 Å². The van der Waals surface area contributed by atoms with Crippen LogP contribution in [-0.4, -0.2) is 35.2 Å². The van der Waals surface area contributed by atoms with E-state index < -0.39 is 17.5 Å². The minimum atomic E-state index is -1.63. The van der Waals surface area contributed by atoms with E-state index in [9.17, 15) is 14.7 Å². The standard InChI is InChI=1S/C11H10O6/c12-8-6(9(13)11(14)15)2-3-7-10(8)17-5-1-4-16-7/h2-3,12H,1,4-5H2,(H,14,15). The Morgan fingerprint density at radius 3 is 2.59 bits per heavy atom. The number of carbonyl (C=O) groups excluding carboxylic acids is 1. The monoisotopic (exact) mass is 238 g/mol. The number of ketones is 1. The van der Waals surface area contributed by atoms with E-state index in [0.717, 1.165) is 0 Å². The first-order chi connectivity index (χ1) is 8.11. The van der Waals surface area contributed by atoms with Gasteiger partial charge in [0, 0.05) is 6.42 Å². The number of phenols is 1. The molecule has 0 saturated heterocycles. The van der Waals surface area contributed by atoms with Crippen molar-refractivity contribution in [2.75, 3.05) is 13.2 Å². The van der Waals surface area contributed by atoms with Gasteiger partial charge in [0.2, 0.25) is 5.75 Å². The van der Waals surface area contributed by atoms with Crippen LogP contribution in [-0.2, 0) is 4.79 Å². The number of rotatable bonds is 2. The summed E-state index contributed by atoms with van der Waals surface area (Å²) in [6.45, 7) is 0.782. The molecule has 17 heavy (non-hydrogen) atoms. The summed E-state index contributed by atoms with van der Waals surface area (Å²) in [5, 5.41) is 18.4. The van der Waals surface area contributed by atoms with Crippen LogP contribution in [0.15, 0.2) is 12.1 Å². The van der Waals surface area contributed by atoms with Crippen LogP contribution in [0.4, 0.5) is 0 Å². The summed E-state index contributed by atoms with van der Waals surface area (Å²) in [5.41, 5.74) is -0.304. The molecule has 0 saturated carbocycles. The number of ether oxygens (including phenoxy) is 2. The maximum absolute atomic E-state index is 11.3. The fourth-order valence-electron chi connectivity index (χ4n) is 1.52. The summed E-state index contributed by atoms with van der Waals surface area (Å²) in [4.78, 5) is 21.8. The van der Waals surface area contributed by atoms with Gasteiger partial charge in [0.1, 0.15) is 0 Å². The van der Waals surface area contributed by atoms with E-state index in [1.165, 1.54) is 12.1 Å². The Bertz CT molecular complexity index is 479. The highest BCUT2D eigenvalue weighted by Crippen LogP contribution is 2.40. The van der Waals surface area contributed by atoms with Crippen molar-refractivity contribution in [1.29, 1.82) is 0 Å². The molecule has 1 aromatic rings. The molecule has 0 amide bonds. The summed E-state index contributed by atoms with van der Waals surface area (Å²) in [6, 6.07) is 2.62. The van der Waals surface area contributed by atoms with Gasteiger partial charge >= 0.3 is 5.97 Å². The Balaban J connectivity index is 2.48. The molecule has 0 aromatic heterocycles. The number of hydrogen-bond donors (Lipinski definition) is 2. The van der Waals surface area contributed by atoms with E-state index in [2.05, 4.69) is 0 Å². The van der Waals surface area contributed by atoms with Crippen molar-refractivity contribution in [3.8, 4) is 17.2 Å². The molecule has 0 radical (unpaired) electrons. The van der Waals surface area contributed by atoms with E-state index >= 15 is 0 Å². The maximum atomic E-state index is 11.3. The number of phenolic OH excluding ortho intramolecular Hbond substituents is 1. The molecule has 6 nitrogen and oxygen atoms in total. The number of carboxylic acid groups (broad SMARTS) is 1. The largest absolute Gasteiger partial charge is 0.504 e. The summed E-state index contributed by atoms with van der Waals surface area (Å²) >= 11 is 0. The molecule has 0 bridgehead atoms. The molecule has 1 aliphatic rings. The van der Waals surface area contributed by atoms with Crippen molar-refractivity contribution in [1.82, 2.24) is 0 Å². The van der Waals surface area contributed by atoms with Gasteiger partial charge in [0.05, 0.1) is 18.8 Å². The van der Waals surface area contributed by atoms with Crippen molar-refractivity contribution in [2.24, 2.45) is 0 Å². The van der Waals surface area contributed by atoms with Gasteiger partial charge in [0.15, 0.2) is 11.5 Å². The normalized spacial score (nSPS) is 13.9. The molecule has 1 heterocycles. The van der Waals surface area contributed by atoms with Crippen LogP contribution in [0.5, 0.6) is 17.2 Å². The molecule has 1 aliphatic heterocycles. The zero-order chi connectivity index (χ0) is 12.4. The lowest BCUT2D eigenvalue weighted by Crippen LogP contribution is -2.13. The van der Waals surface area contributed by atoms with Crippen LogP contribution < -0.4 is 9.47 Å². The number of hydrogen-bond acceptors (Lipinski definition) is 5. The van der Waals surface area contributed by atoms with E-state index in [0.29, 0.717) is 25.4 Å². The molecule has 0 spiro atoms. The predicted molar refractivity (Wildman–Crippen MR) is 55.7 cm³/mol. The number of carbonyl (C=O) groups is 2. The molecule has 2 rings (SSSR count). The molecular weight excluding hydrogens is 228 g/mol. The van der Waals surface area contributed by atoms with E-state index in [1.54, 1.807) is 0 Å². The zero-order valence-electron chi connectivity index (χ0n) is 8.80. The van der Waals surface area contributed by atoms with Gasteiger partial charge in [-0.1, -0.05) is 0 Å². The van der Waals surface area contributed by atoms with E-state index in [1.807, 2.05) is 0 Å². The fraction of sp³-hybridized carbons (Fsp3) is 0.273. The summed E-state index contributed by atoms with van der Waals surface area (Å²) < 4.78 is 10.5. The Hall–Kier alpha value is -2.24. The smallest absolute Gasteiger partial charge is 0.377 e. The summed E-state index contributed by atoms with van der Waals surface area (Å²) in [5.74, 6) is -2.97. The van der Waals surface area contributed by atoms with E-state index in [4.69, 9.17) is 14.6 Å². The van der Waals surface area contributed by atoms with Gasteiger partial charge in [-0.15, -0.1) is 0 Å². The lowest BCUT2D eigenvalue weighted by atomic mass is 10.1. The molecular formula is C11H10O6. The summed E-state index contributed by atoms with van der Waals surface area (Å²) in [7, 11) is 0. The van der Waals surface area contributed by atoms with Crippen molar-refractivity contribution in [3.63, 3.8) is 0 Å². The zero-order valence-corrected chi connectivity index (χ0v) is 8.80. The number of aromatic hydroxyl groups is 1. The third-order valence-corrected chi connectivity index (χ3v) is 2.33. The van der Waals surface area contributed by atoms with Crippen molar-refractivity contribution >= 4 is 11.8 Å². The first kappa shape index (κ1) is 11.3.